The Bertz CT molecular complexity index is 359. The summed E-state index contributed by atoms with van der Waals surface area (Å²) >= 11 is 0. The highest BCUT2D eigenvalue weighted by Crippen LogP contribution is 2.12. The van der Waals surface area contributed by atoms with E-state index in [2.05, 4.69) is 10.6 Å². The highest BCUT2D eigenvalue weighted by Gasteiger charge is 1.97. The van der Waals surface area contributed by atoms with Crippen molar-refractivity contribution in [1.82, 2.24) is 0 Å². The topological polar surface area (TPSA) is 84.2 Å². The van der Waals surface area contributed by atoms with Gasteiger partial charge in [-0.25, -0.2) is 0 Å². The summed E-state index contributed by atoms with van der Waals surface area (Å²) in [5.74, 6) is -0.534. The minimum Gasteiger partial charge on any atom is -0.376 e. The fourth-order valence-electron chi connectivity index (χ4n) is 1.06. The Labute approximate surface area is 87.7 Å². The molecule has 5 heteroatoms. The molecule has 1 aromatic carbocycles. The van der Waals surface area contributed by atoms with Gasteiger partial charge in [0.15, 0.2) is 0 Å². The molecular formula is C10H13N3O2. The zero-order chi connectivity index (χ0) is 11.3. The maximum absolute atomic E-state index is 10.7. The monoisotopic (exact) mass is 207 g/mol. The highest BCUT2D eigenvalue weighted by molar-refractivity contribution is 5.88. The van der Waals surface area contributed by atoms with Gasteiger partial charge in [0.1, 0.15) is 0 Å². The lowest BCUT2D eigenvalue weighted by Crippen LogP contribution is -2.21. The molecule has 0 unspecified atom stereocenters. The molecule has 1 aromatic rings. The predicted molar refractivity (Wildman–Crippen MR) is 58.4 cm³/mol. The molecule has 0 saturated carbocycles. The number of anilines is 2. The van der Waals surface area contributed by atoms with Crippen molar-refractivity contribution in [3.8, 4) is 0 Å². The Morgan fingerprint density at radius 2 is 1.73 bits per heavy atom. The lowest BCUT2D eigenvalue weighted by Gasteiger charge is -2.05. The molecule has 2 amide bonds. The van der Waals surface area contributed by atoms with E-state index in [0.29, 0.717) is 5.69 Å². The molecule has 0 aliphatic rings. The normalized spacial score (nSPS) is 9.40. The Kier molecular flexibility index (Phi) is 3.68. The van der Waals surface area contributed by atoms with Crippen LogP contribution in [0.5, 0.6) is 0 Å². The summed E-state index contributed by atoms with van der Waals surface area (Å²) < 4.78 is 0. The summed E-state index contributed by atoms with van der Waals surface area (Å²) in [6, 6.07) is 7.00. The first kappa shape index (κ1) is 11.0. The number of nitrogens with one attached hydrogen (secondary N) is 2. The minimum atomic E-state index is -0.416. The van der Waals surface area contributed by atoms with Crippen LogP contribution < -0.4 is 16.4 Å². The van der Waals surface area contributed by atoms with Gasteiger partial charge in [-0.1, -0.05) is 0 Å². The van der Waals surface area contributed by atoms with E-state index in [1.54, 1.807) is 24.3 Å². The number of carbonyl (C=O) groups excluding carboxylic acids is 2. The number of hydrogen-bond donors (Lipinski definition) is 3. The lowest BCUT2D eigenvalue weighted by molar-refractivity contribution is -0.116. The third kappa shape index (κ3) is 4.12. The van der Waals surface area contributed by atoms with Crippen molar-refractivity contribution in [2.24, 2.45) is 5.73 Å². The average molecular weight is 207 g/mol. The first-order valence-electron chi connectivity index (χ1n) is 4.48. The number of rotatable bonds is 4. The fourth-order valence-corrected chi connectivity index (χ4v) is 1.06. The van der Waals surface area contributed by atoms with Crippen LogP contribution in [0.15, 0.2) is 24.3 Å². The van der Waals surface area contributed by atoms with Gasteiger partial charge in [-0.3, -0.25) is 9.59 Å². The molecule has 0 radical (unpaired) electrons. The molecule has 0 fully saturated rings. The first-order chi connectivity index (χ1) is 7.08. The van der Waals surface area contributed by atoms with Crippen LogP contribution in [0.2, 0.25) is 0 Å². The van der Waals surface area contributed by atoms with Gasteiger partial charge in [-0.15, -0.1) is 0 Å². The largest absolute Gasteiger partial charge is 0.376 e. The quantitative estimate of drug-likeness (QED) is 0.673. The summed E-state index contributed by atoms with van der Waals surface area (Å²) in [4.78, 5) is 21.2. The van der Waals surface area contributed by atoms with Gasteiger partial charge in [0.25, 0.3) is 0 Å². The van der Waals surface area contributed by atoms with Gasteiger partial charge in [0, 0.05) is 18.3 Å². The van der Waals surface area contributed by atoms with E-state index in [4.69, 9.17) is 5.73 Å². The molecule has 0 aliphatic heterocycles. The van der Waals surface area contributed by atoms with Gasteiger partial charge >= 0.3 is 0 Å². The molecule has 0 aliphatic carbocycles. The molecule has 0 heterocycles. The van der Waals surface area contributed by atoms with Crippen molar-refractivity contribution >= 4 is 23.2 Å². The van der Waals surface area contributed by atoms with Crippen LogP contribution in [0, 0.1) is 0 Å². The standard InChI is InChI=1S/C10H13N3O2/c1-7(14)13-9-4-2-8(3-5-9)12-6-10(11)15/h2-5,12H,6H2,1H3,(H2,11,15)(H,13,14). The number of carbonyl (C=O) groups is 2. The summed E-state index contributed by atoms with van der Waals surface area (Å²) in [6.07, 6.45) is 0. The average Bonchev–Trinajstić information content (AvgIpc) is 2.16. The first-order valence-corrected chi connectivity index (χ1v) is 4.48. The van der Waals surface area contributed by atoms with Crippen molar-refractivity contribution in [3.05, 3.63) is 24.3 Å². The van der Waals surface area contributed by atoms with E-state index in [0.717, 1.165) is 5.69 Å². The van der Waals surface area contributed by atoms with Crippen molar-refractivity contribution in [2.75, 3.05) is 17.2 Å². The Hall–Kier alpha value is -2.04. The van der Waals surface area contributed by atoms with E-state index in [1.807, 2.05) is 0 Å². The fraction of sp³-hybridized carbons (Fsp3) is 0.200. The van der Waals surface area contributed by atoms with Gasteiger partial charge in [-0.05, 0) is 24.3 Å². The molecule has 1 rings (SSSR count). The molecule has 5 nitrogen and oxygen atoms in total. The Balaban J connectivity index is 2.56. The molecule has 15 heavy (non-hydrogen) atoms. The van der Waals surface area contributed by atoms with Crippen molar-refractivity contribution in [2.45, 2.75) is 6.92 Å². The number of benzene rings is 1. The van der Waals surface area contributed by atoms with E-state index in [9.17, 15) is 9.59 Å². The molecule has 4 N–H and O–H groups in total. The van der Waals surface area contributed by atoms with Gasteiger partial charge in [0.05, 0.1) is 6.54 Å². The number of amides is 2. The molecule has 0 bridgehead atoms. The van der Waals surface area contributed by atoms with Crippen LogP contribution in [0.3, 0.4) is 0 Å². The third-order valence-corrected chi connectivity index (χ3v) is 1.67. The van der Waals surface area contributed by atoms with Crippen LogP contribution in [0.25, 0.3) is 0 Å². The van der Waals surface area contributed by atoms with E-state index in [-0.39, 0.29) is 12.5 Å². The summed E-state index contributed by atoms with van der Waals surface area (Å²) in [5, 5.41) is 5.48. The smallest absolute Gasteiger partial charge is 0.236 e. The van der Waals surface area contributed by atoms with Gasteiger partial charge in [0.2, 0.25) is 11.8 Å². The maximum Gasteiger partial charge on any atom is 0.236 e. The maximum atomic E-state index is 10.7. The molecule has 0 spiro atoms. The van der Waals surface area contributed by atoms with Crippen LogP contribution in [0.4, 0.5) is 11.4 Å². The van der Waals surface area contributed by atoms with Gasteiger partial charge < -0.3 is 16.4 Å². The number of hydrogen-bond acceptors (Lipinski definition) is 3. The number of nitrogens with two attached hydrogens (primary N) is 1. The zero-order valence-electron chi connectivity index (χ0n) is 8.41. The van der Waals surface area contributed by atoms with Crippen LogP contribution in [-0.2, 0) is 9.59 Å². The third-order valence-electron chi connectivity index (χ3n) is 1.67. The second-order valence-electron chi connectivity index (χ2n) is 3.08. The van der Waals surface area contributed by atoms with E-state index >= 15 is 0 Å². The van der Waals surface area contributed by atoms with Crippen molar-refractivity contribution in [3.63, 3.8) is 0 Å². The molecule has 80 valence electrons. The van der Waals surface area contributed by atoms with Crippen LogP contribution >= 0.6 is 0 Å². The summed E-state index contributed by atoms with van der Waals surface area (Å²) in [7, 11) is 0. The van der Waals surface area contributed by atoms with Crippen molar-refractivity contribution in [1.29, 1.82) is 0 Å². The molecule has 0 aromatic heterocycles. The van der Waals surface area contributed by atoms with E-state index in [1.165, 1.54) is 6.92 Å². The summed E-state index contributed by atoms with van der Waals surface area (Å²) in [6.45, 7) is 1.54. The predicted octanol–water partition coefficient (Wildman–Crippen LogP) is 0.542. The SMILES string of the molecule is CC(=O)Nc1ccc(NCC(N)=O)cc1. The molecule has 0 saturated heterocycles. The zero-order valence-corrected chi connectivity index (χ0v) is 8.41. The highest BCUT2D eigenvalue weighted by atomic mass is 16.1. The van der Waals surface area contributed by atoms with Crippen LogP contribution in [0.1, 0.15) is 6.92 Å². The van der Waals surface area contributed by atoms with Gasteiger partial charge in [-0.2, -0.15) is 0 Å². The second kappa shape index (κ2) is 4.99. The second-order valence-corrected chi connectivity index (χ2v) is 3.08. The Morgan fingerprint density at radius 1 is 1.20 bits per heavy atom. The molecular weight excluding hydrogens is 194 g/mol. The Morgan fingerprint density at radius 3 is 2.20 bits per heavy atom. The van der Waals surface area contributed by atoms with Crippen LogP contribution in [-0.4, -0.2) is 18.4 Å². The van der Waals surface area contributed by atoms with E-state index < -0.39 is 5.91 Å². The molecule has 0 atom stereocenters. The number of primary amides is 1. The summed E-state index contributed by atoms with van der Waals surface area (Å²) in [5.41, 5.74) is 6.47. The minimum absolute atomic E-state index is 0.0967. The van der Waals surface area contributed by atoms with Crippen molar-refractivity contribution < 1.29 is 9.59 Å². The lowest BCUT2D eigenvalue weighted by atomic mass is 10.2.